The van der Waals surface area contributed by atoms with Gasteiger partial charge in [0.15, 0.2) is 18.1 Å². The Morgan fingerprint density at radius 2 is 1.93 bits per heavy atom. The van der Waals surface area contributed by atoms with E-state index >= 15 is 0 Å². The number of fused-ring (bicyclic) bond motifs is 1. The quantitative estimate of drug-likeness (QED) is 0.302. The summed E-state index contributed by atoms with van der Waals surface area (Å²) in [5, 5.41) is 9.25. The Bertz CT molecular complexity index is 1250. The van der Waals surface area contributed by atoms with Crippen molar-refractivity contribution in [2.75, 3.05) is 19.1 Å². The fourth-order valence-electron chi connectivity index (χ4n) is 2.71. The number of nitrogen functional groups attached to an aromatic ring is 1. The SMILES string of the molecule is Cn1c(N)c(C(=O)COC(=O)C(C#N)=Cc2ccc3c(c2)OCO3)c(=O)n(C)c1=O. The first-order chi connectivity index (χ1) is 14.2. The molecule has 0 saturated heterocycles. The van der Waals surface area contributed by atoms with E-state index in [1.165, 1.54) is 20.2 Å². The van der Waals surface area contributed by atoms with Crippen LogP contribution in [-0.4, -0.2) is 34.3 Å². The van der Waals surface area contributed by atoms with Crippen LogP contribution in [0.25, 0.3) is 6.08 Å². The van der Waals surface area contributed by atoms with Gasteiger partial charge in [-0.2, -0.15) is 5.26 Å². The number of rotatable bonds is 5. The summed E-state index contributed by atoms with van der Waals surface area (Å²) in [5.74, 6) is -1.32. The lowest BCUT2D eigenvalue weighted by atomic mass is 10.1. The highest BCUT2D eigenvalue weighted by Gasteiger charge is 2.22. The van der Waals surface area contributed by atoms with Crippen LogP contribution in [0.3, 0.4) is 0 Å². The summed E-state index contributed by atoms with van der Waals surface area (Å²) in [5.41, 5.74) is 3.71. The number of carbonyl (C=O) groups excluding carboxylic acids is 2. The summed E-state index contributed by atoms with van der Waals surface area (Å²) in [4.78, 5) is 48.6. The Labute approximate surface area is 169 Å². The predicted octanol–water partition coefficient (Wildman–Crippen LogP) is -0.272. The van der Waals surface area contributed by atoms with Gasteiger partial charge in [0.1, 0.15) is 23.0 Å². The summed E-state index contributed by atoms with van der Waals surface area (Å²) in [7, 11) is 2.48. The second-order valence-corrected chi connectivity index (χ2v) is 6.25. The van der Waals surface area contributed by atoms with Gasteiger partial charge in [-0.15, -0.1) is 0 Å². The molecular weight excluding hydrogens is 396 g/mol. The van der Waals surface area contributed by atoms with Crippen molar-refractivity contribution in [1.82, 2.24) is 9.13 Å². The Balaban J connectivity index is 1.78. The predicted molar refractivity (Wildman–Crippen MR) is 103 cm³/mol. The van der Waals surface area contributed by atoms with Crippen molar-refractivity contribution < 1.29 is 23.8 Å². The third-order valence-corrected chi connectivity index (χ3v) is 4.37. The van der Waals surface area contributed by atoms with Gasteiger partial charge < -0.3 is 19.9 Å². The summed E-state index contributed by atoms with van der Waals surface area (Å²) < 4.78 is 16.9. The number of nitrogens with two attached hydrogens (primary N) is 1. The molecule has 1 aromatic carbocycles. The number of Topliss-reactive ketones (excluding diaryl/α,β-unsaturated/α-hetero) is 1. The highest BCUT2D eigenvalue weighted by molar-refractivity contribution is 6.03. The largest absolute Gasteiger partial charge is 0.454 e. The zero-order valence-corrected chi connectivity index (χ0v) is 16.0. The number of ketones is 1. The highest BCUT2D eigenvalue weighted by Crippen LogP contribution is 2.33. The lowest BCUT2D eigenvalue weighted by Crippen LogP contribution is -2.42. The van der Waals surface area contributed by atoms with Gasteiger partial charge in [-0.25, -0.2) is 9.59 Å². The number of hydrogen-bond acceptors (Lipinski definition) is 9. The van der Waals surface area contributed by atoms with E-state index < -0.39 is 35.2 Å². The summed E-state index contributed by atoms with van der Waals surface area (Å²) in [6, 6.07) is 6.50. The maximum absolute atomic E-state index is 12.4. The van der Waals surface area contributed by atoms with Gasteiger partial charge in [0.05, 0.1) is 0 Å². The Kier molecular flexibility index (Phi) is 5.41. The van der Waals surface area contributed by atoms with Crippen LogP contribution in [0.15, 0.2) is 33.4 Å². The van der Waals surface area contributed by atoms with Crippen LogP contribution in [0.1, 0.15) is 15.9 Å². The molecule has 1 aromatic heterocycles. The first kappa shape index (κ1) is 20.4. The molecule has 0 atom stereocenters. The standard InChI is InChI=1S/C19H16N4O7/c1-22-16(21)15(17(25)23(2)19(22)27)12(24)8-28-18(26)11(7-20)5-10-3-4-13-14(6-10)30-9-29-13/h3-6H,8-9,21H2,1-2H3. The number of esters is 1. The van der Waals surface area contributed by atoms with E-state index in [1.807, 2.05) is 0 Å². The third kappa shape index (κ3) is 3.66. The lowest BCUT2D eigenvalue weighted by molar-refractivity contribution is -0.137. The normalized spacial score (nSPS) is 12.4. The van der Waals surface area contributed by atoms with Crippen LogP contribution in [0.4, 0.5) is 5.82 Å². The maximum Gasteiger partial charge on any atom is 0.349 e. The number of hydrogen-bond donors (Lipinski definition) is 1. The van der Waals surface area contributed by atoms with E-state index in [0.29, 0.717) is 21.6 Å². The van der Waals surface area contributed by atoms with Crippen LogP contribution in [-0.2, 0) is 23.6 Å². The van der Waals surface area contributed by atoms with E-state index in [1.54, 1.807) is 24.3 Å². The van der Waals surface area contributed by atoms with Gasteiger partial charge >= 0.3 is 11.7 Å². The molecule has 1 aliphatic heterocycles. The first-order valence-corrected chi connectivity index (χ1v) is 8.51. The molecule has 0 bridgehead atoms. The number of ether oxygens (including phenoxy) is 3. The fourth-order valence-corrected chi connectivity index (χ4v) is 2.71. The molecule has 0 fully saturated rings. The van der Waals surface area contributed by atoms with Gasteiger partial charge in [-0.05, 0) is 23.8 Å². The average molecular weight is 412 g/mol. The molecule has 11 nitrogen and oxygen atoms in total. The van der Waals surface area contributed by atoms with Crippen molar-refractivity contribution >= 4 is 23.6 Å². The Morgan fingerprint density at radius 3 is 2.63 bits per heavy atom. The Morgan fingerprint density at radius 1 is 1.23 bits per heavy atom. The van der Waals surface area contributed by atoms with Crippen molar-refractivity contribution in [3.63, 3.8) is 0 Å². The highest BCUT2D eigenvalue weighted by atomic mass is 16.7. The molecule has 3 rings (SSSR count). The molecule has 0 radical (unpaired) electrons. The lowest BCUT2D eigenvalue weighted by Gasteiger charge is -2.10. The average Bonchev–Trinajstić information content (AvgIpc) is 3.21. The van der Waals surface area contributed by atoms with E-state index in [0.717, 1.165) is 4.57 Å². The number of aromatic nitrogens is 2. The van der Waals surface area contributed by atoms with Gasteiger partial charge in [0.2, 0.25) is 12.6 Å². The van der Waals surface area contributed by atoms with E-state index in [2.05, 4.69) is 0 Å². The van der Waals surface area contributed by atoms with E-state index in [4.69, 9.17) is 19.9 Å². The number of benzene rings is 1. The minimum absolute atomic E-state index is 0.0748. The topological polar surface area (TPSA) is 156 Å². The molecule has 2 heterocycles. The van der Waals surface area contributed by atoms with Crippen molar-refractivity contribution in [2.24, 2.45) is 14.1 Å². The molecular formula is C19H16N4O7. The molecule has 2 aromatic rings. The minimum Gasteiger partial charge on any atom is -0.454 e. The second-order valence-electron chi connectivity index (χ2n) is 6.25. The molecule has 2 N–H and O–H groups in total. The number of nitrogens with zero attached hydrogens (tertiary/aromatic N) is 3. The molecule has 0 saturated carbocycles. The van der Waals surface area contributed by atoms with Crippen molar-refractivity contribution in [3.05, 3.63) is 55.7 Å². The van der Waals surface area contributed by atoms with Crippen molar-refractivity contribution in [3.8, 4) is 17.6 Å². The molecule has 1 aliphatic rings. The zero-order chi connectivity index (χ0) is 22.0. The van der Waals surface area contributed by atoms with Gasteiger partial charge in [-0.3, -0.25) is 18.7 Å². The van der Waals surface area contributed by atoms with Gasteiger partial charge in [0, 0.05) is 14.1 Å². The van der Waals surface area contributed by atoms with Gasteiger partial charge in [-0.1, -0.05) is 6.07 Å². The maximum atomic E-state index is 12.4. The zero-order valence-electron chi connectivity index (χ0n) is 16.0. The van der Waals surface area contributed by atoms with Crippen molar-refractivity contribution in [2.45, 2.75) is 0 Å². The van der Waals surface area contributed by atoms with Crippen molar-refractivity contribution in [1.29, 1.82) is 5.26 Å². The molecule has 0 aliphatic carbocycles. The van der Waals surface area contributed by atoms with Crippen LogP contribution in [0, 0.1) is 11.3 Å². The smallest absolute Gasteiger partial charge is 0.349 e. The number of carbonyl (C=O) groups is 2. The van der Waals surface area contributed by atoms with Crippen LogP contribution in [0.2, 0.25) is 0 Å². The monoisotopic (exact) mass is 412 g/mol. The minimum atomic E-state index is -1.07. The fraction of sp³-hybridized carbons (Fsp3) is 0.211. The molecule has 11 heteroatoms. The van der Waals surface area contributed by atoms with Crippen LogP contribution >= 0.6 is 0 Å². The van der Waals surface area contributed by atoms with E-state index in [9.17, 15) is 24.4 Å². The number of anilines is 1. The summed E-state index contributed by atoms with van der Waals surface area (Å²) in [6.07, 6.45) is 1.26. The number of nitriles is 1. The van der Waals surface area contributed by atoms with Crippen LogP contribution < -0.4 is 26.5 Å². The molecule has 0 unspecified atom stereocenters. The van der Waals surface area contributed by atoms with Gasteiger partial charge in [0.25, 0.3) is 5.56 Å². The second kappa shape index (κ2) is 7.96. The van der Waals surface area contributed by atoms with E-state index in [-0.39, 0.29) is 18.2 Å². The first-order valence-electron chi connectivity index (χ1n) is 8.51. The molecule has 0 spiro atoms. The third-order valence-electron chi connectivity index (χ3n) is 4.37. The Hall–Kier alpha value is -4.33. The molecule has 0 amide bonds. The molecule has 30 heavy (non-hydrogen) atoms. The summed E-state index contributed by atoms with van der Waals surface area (Å²) in [6.45, 7) is -0.762. The molecule has 154 valence electrons. The van der Waals surface area contributed by atoms with Crippen LogP contribution in [0.5, 0.6) is 11.5 Å². The summed E-state index contributed by atoms with van der Waals surface area (Å²) >= 11 is 0.